The zero-order valence-corrected chi connectivity index (χ0v) is 22.1. The van der Waals surface area contributed by atoms with Gasteiger partial charge in [-0.3, -0.25) is 14.5 Å². The van der Waals surface area contributed by atoms with E-state index in [0.29, 0.717) is 44.1 Å². The SMILES string of the molecule is O=C(CCCCCN1C[C@H](O)[C@@H](O)[C@@H](O)[C@H]1CO)NCCNC(=O)CCCCC1SCC2NC(=O)NC21. The standard InChI is InChI=1S/C24H43N5O7S/c30-13-16-22(34)23(35)17(31)12-29(16)11-5-1-2-7-19(32)25-9-10-26-20(33)8-4-3-6-18-21-15(14-37-18)27-24(36)28-21/h15-18,21-23,30-31,34-35H,1-14H2,(H,25,32)(H,26,33)(H2,27,28,36)/t15?,16-,17+,18?,21?,22+,23-/m1/s1. The number of aliphatic hydroxyl groups excluding tert-OH is 4. The van der Waals surface area contributed by atoms with Crippen molar-refractivity contribution >= 4 is 29.6 Å². The lowest BCUT2D eigenvalue weighted by Gasteiger charge is -2.43. The fourth-order valence-electron chi connectivity index (χ4n) is 5.27. The maximum Gasteiger partial charge on any atom is 0.315 e. The molecule has 3 heterocycles. The molecule has 12 nitrogen and oxygen atoms in total. The number of likely N-dealkylation sites (tertiary alicyclic amines) is 1. The third-order valence-electron chi connectivity index (χ3n) is 7.42. The molecule has 0 aromatic rings. The Morgan fingerprint density at radius 3 is 2.30 bits per heavy atom. The van der Waals surface area contributed by atoms with Gasteiger partial charge in [0.1, 0.15) is 12.2 Å². The molecule has 3 aliphatic rings. The van der Waals surface area contributed by atoms with E-state index < -0.39 is 24.4 Å². The number of unbranched alkanes of at least 4 members (excludes halogenated alkanes) is 3. The van der Waals surface area contributed by atoms with Crippen LogP contribution >= 0.6 is 11.8 Å². The second-order valence-corrected chi connectivity index (χ2v) is 11.4. The number of fused-ring (bicyclic) bond motifs is 1. The van der Waals surface area contributed by atoms with Crippen LogP contribution in [0, 0.1) is 0 Å². The van der Waals surface area contributed by atoms with Gasteiger partial charge in [0.25, 0.3) is 0 Å². The molecule has 8 N–H and O–H groups in total. The maximum atomic E-state index is 12.0. The van der Waals surface area contributed by atoms with Gasteiger partial charge >= 0.3 is 6.03 Å². The van der Waals surface area contributed by atoms with Crippen LogP contribution in [-0.4, -0.2) is 123 Å². The second-order valence-electron chi connectivity index (χ2n) is 10.2. The number of carbonyl (C=O) groups excluding carboxylic acids is 3. The first-order valence-corrected chi connectivity index (χ1v) is 14.5. The number of thioether (sulfide) groups is 1. The fraction of sp³-hybridized carbons (Fsp3) is 0.875. The molecule has 7 atom stereocenters. The minimum Gasteiger partial charge on any atom is -0.395 e. The number of piperidine rings is 1. The van der Waals surface area contributed by atoms with E-state index in [0.717, 1.165) is 37.9 Å². The highest BCUT2D eigenvalue weighted by atomic mass is 32.2. The van der Waals surface area contributed by atoms with E-state index >= 15 is 0 Å². The van der Waals surface area contributed by atoms with Crippen molar-refractivity contribution in [3.05, 3.63) is 0 Å². The molecule has 0 bridgehead atoms. The number of carbonyl (C=O) groups is 3. The van der Waals surface area contributed by atoms with Crippen LogP contribution in [0.4, 0.5) is 4.79 Å². The summed E-state index contributed by atoms with van der Waals surface area (Å²) < 4.78 is 0. The molecule has 0 aromatic carbocycles. The molecule has 3 rings (SSSR count). The van der Waals surface area contributed by atoms with E-state index in [-0.39, 0.29) is 43.1 Å². The summed E-state index contributed by atoms with van der Waals surface area (Å²) >= 11 is 1.87. The quantitative estimate of drug-likeness (QED) is 0.0875. The highest BCUT2D eigenvalue weighted by Gasteiger charge is 2.42. The molecule has 3 aliphatic heterocycles. The van der Waals surface area contributed by atoms with Gasteiger partial charge in [-0.25, -0.2) is 4.79 Å². The molecule has 0 spiro atoms. The summed E-state index contributed by atoms with van der Waals surface area (Å²) in [5.74, 6) is 0.838. The minimum absolute atomic E-state index is 0.0244. The molecule has 3 unspecified atom stereocenters. The van der Waals surface area contributed by atoms with Crippen molar-refractivity contribution in [1.29, 1.82) is 0 Å². The van der Waals surface area contributed by atoms with Gasteiger partial charge in [0.2, 0.25) is 11.8 Å². The summed E-state index contributed by atoms with van der Waals surface area (Å²) in [6.07, 6.45) is 2.22. The van der Waals surface area contributed by atoms with Crippen LogP contribution in [0.25, 0.3) is 0 Å². The van der Waals surface area contributed by atoms with Crippen LogP contribution in [0.3, 0.4) is 0 Å². The highest BCUT2D eigenvalue weighted by Crippen LogP contribution is 2.33. The Hall–Kier alpha value is -1.64. The van der Waals surface area contributed by atoms with Crippen molar-refractivity contribution in [2.45, 2.75) is 93.1 Å². The maximum absolute atomic E-state index is 12.0. The molecule has 37 heavy (non-hydrogen) atoms. The normalized spacial score (nSPS) is 31.5. The Morgan fingerprint density at radius 2 is 1.62 bits per heavy atom. The number of nitrogens with zero attached hydrogens (tertiary/aromatic N) is 1. The van der Waals surface area contributed by atoms with E-state index in [1.165, 1.54) is 0 Å². The molecule has 3 saturated heterocycles. The van der Waals surface area contributed by atoms with Crippen LogP contribution in [0.1, 0.15) is 51.4 Å². The summed E-state index contributed by atoms with van der Waals surface area (Å²) in [5.41, 5.74) is 0. The van der Waals surface area contributed by atoms with Crippen LogP contribution in [-0.2, 0) is 9.59 Å². The largest absolute Gasteiger partial charge is 0.395 e. The van der Waals surface area contributed by atoms with Crippen molar-refractivity contribution in [1.82, 2.24) is 26.2 Å². The van der Waals surface area contributed by atoms with E-state index in [1.54, 1.807) is 4.90 Å². The van der Waals surface area contributed by atoms with E-state index in [9.17, 15) is 34.8 Å². The van der Waals surface area contributed by atoms with Crippen LogP contribution in [0.5, 0.6) is 0 Å². The van der Waals surface area contributed by atoms with Crippen molar-refractivity contribution in [2.75, 3.05) is 38.5 Å². The number of nitrogens with one attached hydrogen (secondary N) is 4. The fourth-order valence-corrected chi connectivity index (χ4v) is 6.81. The van der Waals surface area contributed by atoms with Crippen molar-refractivity contribution in [3.63, 3.8) is 0 Å². The molecular weight excluding hydrogens is 502 g/mol. The summed E-state index contributed by atoms with van der Waals surface area (Å²) in [6.45, 7) is 1.20. The first-order chi connectivity index (χ1) is 17.8. The second kappa shape index (κ2) is 15.1. The first kappa shape index (κ1) is 29.9. The lowest BCUT2D eigenvalue weighted by atomic mass is 9.94. The van der Waals surface area contributed by atoms with E-state index in [1.807, 2.05) is 11.8 Å². The summed E-state index contributed by atoms with van der Waals surface area (Å²) in [6, 6.07) is -0.270. The molecule has 4 amide bonds. The van der Waals surface area contributed by atoms with Gasteiger partial charge in [-0.15, -0.1) is 0 Å². The molecular formula is C24H43N5O7S. The predicted molar refractivity (Wildman–Crippen MR) is 139 cm³/mol. The van der Waals surface area contributed by atoms with Crippen LogP contribution in [0.2, 0.25) is 0 Å². The summed E-state index contributed by atoms with van der Waals surface area (Å²) in [7, 11) is 0. The van der Waals surface area contributed by atoms with Gasteiger partial charge in [-0.05, 0) is 32.2 Å². The Kier molecular flexibility index (Phi) is 12.2. The van der Waals surface area contributed by atoms with Gasteiger partial charge < -0.3 is 41.7 Å². The van der Waals surface area contributed by atoms with Crippen LogP contribution < -0.4 is 21.3 Å². The van der Waals surface area contributed by atoms with Gasteiger partial charge in [0, 0.05) is 43.5 Å². The Balaban J connectivity index is 1.14. The number of urea groups is 1. The van der Waals surface area contributed by atoms with E-state index in [4.69, 9.17) is 0 Å². The van der Waals surface area contributed by atoms with E-state index in [2.05, 4.69) is 21.3 Å². The third-order valence-corrected chi connectivity index (χ3v) is 8.92. The van der Waals surface area contributed by atoms with Gasteiger partial charge in [0.15, 0.2) is 0 Å². The topological polar surface area (TPSA) is 183 Å². The summed E-state index contributed by atoms with van der Waals surface area (Å²) in [4.78, 5) is 37.2. The van der Waals surface area contributed by atoms with Crippen molar-refractivity contribution in [3.8, 4) is 0 Å². The highest BCUT2D eigenvalue weighted by molar-refractivity contribution is 8.00. The number of hydrogen-bond acceptors (Lipinski definition) is 9. The average molecular weight is 546 g/mol. The molecule has 13 heteroatoms. The lowest BCUT2D eigenvalue weighted by molar-refractivity contribution is -0.145. The Bertz CT molecular complexity index is 763. The van der Waals surface area contributed by atoms with Gasteiger partial charge in [-0.2, -0.15) is 11.8 Å². The molecule has 0 saturated carbocycles. The molecule has 212 valence electrons. The number of hydrogen-bond donors (Lipinski definition) is 8. The monoisotopic (exact) mass is 545 g/mol. The lowest BCUT2D eigenvalue weighted by Crippen LogP contribution is -2.62. The number of amides is 4. The molecule has 0 aliphatic carbocycles. The summed E-state index contributed by atoms with van der Waals surface area (Å²) in [5, 5.41) is 51.1. The smallest absolute Gasteiger partial charge is 0.315 e. The molecule has 0 radical (unpaired) electrons. The minimum atomic E-state index is -1.26. The number of β-amino-alcohol motifs (C(OH)–C–C–N with tert-alkyl or cyclic N) is 1. The zero-order chi connectivity index (χ0) is 26.8. The zero-order valence-electron chi connectivity index (χ0n) is 21.3. The van der Waals surface area contributed by atoms with Crippen molar-refractivity contribution in [2.24, 2.45) is 0 Å². The molecule has 0 aromatic heterocycles. The first-order valence-electron chi connectivity index (χ1n) is 13.4. The average Bonchev–Trinajstić information content (AvgIpc) is 3.42. The van der Waals surface area contributed by atoms with Crippen LogP contribution in [0.15, 0.2) is 0 Å². The third kappa shape index (κ3) is 8.96. The Labute approximate surface area is 222 Å². The Morgan fingerprint density at radius 1 is 0.946 bits per heavy atom. The number of rotatable bonds is 15. The number of aliphatic hydroxyl groups is 4. The van der Waals surface area contributed by atoms with Gasteiger partial charge in [0.05, 0.1) is 30.8 Å². The molecule has 3 fully saturated rings. The van der Waals surface area contributed by atoms with Crippen molar-refractivity contribution < 1.29 is 34.8 Å². The van der Waals surface area contributed by atoms with Gasteiger partial charge in [-0.1, -0.05) is 12.8 Å². The predicted octanol–water partition coefficient (Wildman–Crippen LogP) is -1.74.